The molecule has 1 heterocycles. The van der Waals surface area contributed by atoms with Gasteiger partial charge in [0.2, 0.25) is 0 Å². The number of aliphatic carboxylic acids is 1. The number of carboxylic acid groups (broad SMARTS) is 1. The molecule has 2 aromatic rings. The molecule has 0 aliphatic carbocycles. The zero-order valence-corrected chi connectivity index (χ0v) is 14.7. The van der Waals surface area contributed by atoms with Crippen LogP contribution in [0.5, 0.6) is 0 Å². The van der Waals surface area contributed by atoms with Crippen LogP contribution in [0.2, 0.25) is 10.0 Å². The normalized spacial score (nSPS) is 12.0. The second-order valence-corrected chi connectivity index (χ2v) is 6.44. The van der Waals surface area contributed by atoms with Gasteiger partial charge < -0.3 is 10.4 Å². The lowest BCUT2D eigenvalue weighted by Gasteiger charge is -2.09. The number of hydrogen-bond donors (Lipinski definition) is 2. The number of halogens is 2. The summed E-state index contributed by atoms with van der Waals surface area (Å²) in [6, 6.07) is 6.66. The Morgan fingerprint density at radius 1 is 1.33 bits per heavy atom. The standard InChI is InChI=1S/C16H17Cl2N3O3/c1-9(5-15(22)23)8-19-16(24)13-6-10(2)21(20-13)14-4-3-11(17)7-12(14)18/h3-4,6-7,9H,5,8H2,1-2H3,(H,19,24)(H,22,23). The molecule has 0 bridgehead atoms. The van der Waals surface area contributed by atoms with Crippen LogP contribution in [0, 0.1) is 12.8 Å². The first-order valence-corrected chi connectivity index (χ1v) is 8.05. The van der Waals surface area contributed by atoms with Crippen molar-refractivity contribution >= 4 is 35.1 Å². The second-order valence-electron chi connectivity index (χ2n) is 5.59. The summed E-state index contributed by atoms with van der Waals surface area (Å²) < 4.78 is 1.56. The van der Waals surface area contributed by atoms with Crippen LogP contribution in [0.25, 0.3) is 5.69 Å². The van der Waals surface area contributed by atoms with E-state index >= 15 is 0 Å². The first-order valence-electron chi connectivity index (χ1n) is 7.30. The van der Waals surface area contributed by atoms with Crippen molar-refractivity contribution in [1.82, 2.24) is 15.1 Å². The van der Waals surface area contributed by atoms with E-state index in [-0.39, 0.29) is 30.5 Å². The van der Waals surface area contributed by atoms with Crippen LogP contribution in [-0.4, -0.2) is 33.3 Å². The van der Waals surface area contributed by atoms with Gasteiger partial charge in [-0.1, -0.05) is 30.1 Å². The number of aromatic nitrogens is 2. The number of rotatable bonds is 6. The van der Waals surface area contributed by atoms with Gasteiger partial charge in [0.15, 0.2) is 5.69 Å². The third kappa shape index (κ3) is 4.49. The minimum atomic E-state index is -0.894. The number of carboxylic acids is 1. The van der Waals surface area contributed by atoms with Crippen molar-refractivity contribution in [2.24, 2.45) is 5.92 Å². The third-order valence-corrected chi connectivity index (χ3v) is 3.93. The molecule has 1 atom stereocenters. The SMILES string of the molecule is Cc1cc(C(=O)NCC(C)CC(=O)O)nn1-c1ccc(Cl)cc1Cl. The van der Waals surface area contributed by atoms with Crippen LogP contribution in [0.4, 0.5) is 0 Å². The number of amides is 1. The quantitative estimate of drug-likeness (QED) is 0.817. The minimum Gasteiger partial charge on any atom is -0.481 e. The molecule has 8 heteroatoms. The molecule has 0 spiro atoms. The van der Waals surface area contributed by atoms with Gasteiger partial charge in [0, 0.05) is 23.7 Å². The first-order chi connectivity index (χ1) is 11.3. The summed E-state index contributed by atoms with van der Waals surface area (Å²) in [5.74, 6) is -1.42. The van der Waals surface area contributed by atoms with Crippen LogP contribution >= 0.6 is 23.2 Å². The molecule has 2 rings (SSSR count). The average Bonchev–Trinajstić information content (AvgIpc) is 2.86. The molecule has 2 N–H and O–H groups in total. The van der Waals surface area contributed by atoms with Crippen LogP contribution in [0.1, 0.15) is 29.5 Å². The van der Waals surface area contributed by atoms with E-state index in [4.69, 9.17) is 28.3 Å². The van der Waals surface area contributed by atoms with Gasteiger partial charge in [-0.05, 0) is 37.1 Å². The summed E-state index contributed by atoms with van der Waals surface area (Å²) in [4.78, 5) is 22.8. The Morgan fingerprint density at radius 2 is 2.04 bits per heavy atom. The molecular formula is C16H17Cl2N3O3. The Bertz CT molecular complexity index is 774. The monoisotopic (exact) mass is 369 g/mol. The van der Waals surface area contributed by atoms with E-state index in [1.54, 1.807) is 35.9 Å². The largest absolute Gasteiger partial charge is 0.481 e. The lowest BCUT2D eigenvalue weighted by atomic mass is 10.1. The summed E-state index contributed by atoms with van der Waals surface area (Å²) in [5.41, 5.74) is 1.60. The van der Waals surface area contributed by atoms with E-state index in [1.165, 1.54) is 0 Å². The summed E-state index contributed by atoms with van der Waals surface area (Å²) in [5, 5.41) is 16.6. The highest BCUT2D eigenvalue weighted by Gasteiger charge is 2.16. The number of nitrogens with zero attached hydrogens (tertiary/aromatic N) is 2. The van der Waals surface area contributed by atoms with Gasteiger partial charge in [-0.2, -0.15) is 5.10 Å². The second kappa shape index (κ2) is 7.68. The molecule has 0 saturated carbocycles. The Kier molecular flexibility index (Phi) is 5.85. The summed E-state index contributed by atoms with van der Waals surface area (Å²) in [7, 11) is 0. The van der Waals surface area contributed by atoms with Gasteiger partial charge in [-0.15, -0.1) is 0 Å². The van der Waals surface area contributed by atoms with E-state index < -0.39 is 5.97 Å². The number of aryl methyl sites for hydroxylation is 1. The van der Waals surface area contributed by atoms with E-state index in [0.717, 1.165) is 5.69 Å². The lowest BCUT2D eigenvalue weighted by Crippen LogP contribution is -2.29. The minimum absolute atomic E-state index is 0.00582. The molecule has 0 aliphatic rings. The lowest BCUT2D eigenvalue weighted by molar-refractivity contribution is -0.137. The van der Waals surface area contributed by atoms with Crippen molar-refractivity contribution in [3.05, 3.63) is 45.7 Å². The molecular weight excluding hydrogens is 353 g/mol. The summed E-state index contributed by atoms with van der Waals surface area (Å²) in [6.07, 6.45) is -0.00582. The van der Waals surface area contributed by atoms with Gasteiger partial charge in [-0.25, -0.2) is 4.68 Å². The number of nitrogens with one attached hydrogen (secondary N) is 1. The fourth-order valence-electron chi connectivity index (χ4n) is 2.21. The highest BCUT2D eigenvalue weighted by atomic mass is 35.5. The van der Waals surface area contributed by atoms with Crippen molar-refractivity contribution in [1.29, 1.82) is 0 Å². The summed E-state index contributed by atoms with van der Waals surface area (Å²) in [6.45, 7) is 3.83. The van der Waals surface area contributed by atoms with Crippen LogP contribution < -0.4 is 5.32 Å². The van der Waals surface area contributed by atoms with Gasteiger partial charge in [0.25, 0.3) is 5.91 Å². The van der Waals surface area contributed by atoms with Crippen molar-refractivity contribution < 1.29 is 14.7 Å². The number of carbonyl (C=O) groups is 2. The molecule has 6 nitrogen and oxygen atoms in total. The molecule has 24 heavy (non-hydrogen) atoms. The van der Waals surface area contributed by atoms with Gasteiger partial charge >= 0.3 is 5.97 Å². The molecule has 0 saturated heterocycles. The van der Waals surface area contributed by atoms with E-state index in [2.05, 4.69) is 10.4 Å². The van der Waals surface area contributed by atoms with Crippen LogP contribution in [0.15, 0.2) is 24.3 Å². The van der Waals surface area contributed by atoms with Crippen molar-refractivity contribution in [2.45, 2.75) is 20.3 Å². The zero-order chi connectivity index (χ0) is 17.9. The number of benzene rings is 1. The molecule has 0 radical (unpaired) electrons. The Balaban J connectivity index is 2.13. The van der Waals surface area contributed by atoms with Crippen molar-refractivity contribution in [3.8, 4) is 5.69 Å². The fraction of sp³-hybridized carbons (Fsp3) is 0.312. The van der Waals surface area contributed by atoms with E-state index in [9.17, 15) is 9.59 Å². The maximum absolute atomic E-state index is 12.2. The maximum atomic E-state index is 12.2. The number of hydrogen-bond acceptors (Lipinski definition) is 3. The zero-order valence-electron chi connectivity index (χ0n) is 13.2. The van der Waals surface area contributed by atoms with Gasteiger partial charge in [0.1, 0.15) is 0 Å². The smallest absolute Gasteiger partial charge is 0.303 e. The highest BCUT2D eigenvalue weighted by Crippen LogP contribution is 2.25. The van der Waals surface area contributed by atoms with E-state index in [1.807, 2.05) is 6.92 Å². The molecule has 0 aliphatic heterocycles. The van der Waals surface area contributed by atoms with E-state index in [0.29, 0.717) is 15.7 Å². The van der Waals surface area contributed by atoms with Crippen LogP contribution in [-0.2, 0) is 4.79 Å². The summed E-state index contributed by atoms with van der Waals surface area (Å²) >= 11 is 12.1. The highest BCUT2D eigenvalue weighted by molar-refractivity contribution is 6.35. The Hall–Kier alpha value is -2.05. The molecule has 1 aromatic carbocycles. The predicted octanol–water partition coefficient (Wildman–Crippen LogP) is 3.33. The topological polar surface area (TPSA) is 84.2 Å². The Labute approximate surface area is 149 Å². The predicted molar refractivity (Wildman–Crippen MR) is 92.1 cm³/mol. The average molecular weight is 370 g/mol. The third-order valence-electron chi connectivity index (χ3n) is 3.39. The van der Waals surface area contributed by atoms with Crippen LogP contribution in [0.3, 0.4) is 0 Å². The number of carbonyl (C=O) groups excluding carboxylic acids is 1. The van der Waals surface area contributed by atoms with Crippen molar-refractivity contribution in [3.63, 3.8) is 0 Å². The molecule has 1 amide bonds. The Morgan fingerprint density at radius 3 is 2.67 bits per heavy atom. The first kappa shape index (κ1) is 18.3. The fourth-order valence-corrected chi connectivity index (χ4v) is 2.70. The molecule has 128 valence electrons. The maximum Gasteiger partial charge on any atom is 0.303 e. The molecule has 1 aromatic heterocycles. The molecule has 0 fully saturated rings. The molecule has 1 unspecified atom stereocenters. The van der Waals surface area contributed by atoms with Crippen molar-refractivity contribution in [2.75, 3.05) is 6.54 Å². The van der Waals surface area contributed by atoms with Gasteiger partial charge in [0.05, 0.1) is 10.7 Å². The van der Waals surface area contributed by atoms with Gasteiger partial charge in [-0.3, -0.25) is 9.59 Å².